The lowest BCUT2D eigenvalue weighted by Crippen LogP contribution is -2.35. The Morgan fingerprint density at radius 1 is 1.09 bits per heavy atom. The van der Waals surface area contributed by atoms with Crippen molar-refractivity contribution in [2.24, 2.45) is 0 Å². The van der Waals surface area contributed by atoms with Crippen LogP contribution in [-0.2, 0) is 11.2 Å². The van der Waals surface area contributed by atoms with Crippen LogP contribution in [0.2, 0.25) is 0 Å². The second-order valence-electron chi connectivity index (χ2n) is 6.97. The predicted molar refractivity (Wildman–Crippen MR) is 120 cm³/mol. The van der Waals surface area contributed by atoms with Crippen molar-refractivity contribution < 1.29 is 18.7 Å². The Balaban J connectivity index is 1.46. The zero-order valence-electron chi connectivity index (χ0n) is 17.4. The average molecular weight is 430 g/mol. The lowest BCUT2D eigenvalue weighted by molar-refractivity contribution is -0.117. The monoisotopic (exact) mass is 430 g/mol. The lowest BCUT2D eigenvalue weighted by atomic mass is 10.1. The highest BCUT2D eigenvalue weighted by molar-refractivity contribution is 6.04. The maximum atomic E-state index is 12.9. The Kier molecular flexibility index (Phi) is 6.31. The second-order valence-corrected chi connectivity index (χ2v) is 6.97. The van der Waals surface area contributed by atoms with E-state index in [1.54, 1.807) is 43.5 Å². The molecule has 8 nitrogen and oxygen atoms in total. The van der Waals surface area contributed by atoms with Crippen LogP contribution in [0.15, 0.2) is 77.0 Å². The maximum absolute atomic E-state index is 12.9. The molecule has 0 aliphatic heterocycles. The SMILES string of the molecule is COc1ccc(/C=C(\NC(=O)c2ccco2)C(=O)NCCc2nc3ccccc3[nH]2)cc1. The molecule has 8 heteroatoms. The van der Waals surface area contributed by atoms with Gasteiger partial charge in [0.1, 0.15) is 17.3 Å². The first-order valence-electron chi connectivity index (χ1n) is 10.0. The summed E-state index contributed by atoms with van der Waals surface area (Å²) >= 11 is 0. The van der Waals surface area contributed by atoms with Crippen LogP contribution in [-0.4, -0.2) is 35.4 Å². The van der Waals surface area contributed by atoms with Crippen molar-refractivity contribution in [3.05, 3.63) is 89.8 Å². The Morgan fingerprint density at radius 3 is 2.62 bits per heavy atom. The number of carbonyl (C=O) groups excluding carboxylic acids is 2. The maximum Gasteiger partial charge on any atom is 0.291 e. The molecule has 0 bridgehead atoms. The van der Waals surface area contributed by atoms with E-state index in [-0.39, 0.29) is 11.5 Å². The summed E-state index contributed by atoms with van der Waals surface area (Å²) in [6.07, 6.45) is 3.51. The summed E-state index contributed by atoms with van der Waals surface area (Å²) in [7, 11) is 1.58. The number of nitrogens with one attached hydrogen (secondary N) is 3. The molecule has 32 heavy (non-hydrogen) atoms. The van der Waals surface area contributed by atoms with Crippen molar-refractivity contribution in [2.45, 2.75) is 6.42 Å². The number of ether oxygens (including phenoxy) is 1. The summed E-state index contributed by atoms with van der Waals surface area (Å²) in [5, 5.41) is 5.46. The van der Waals surface area contributed by atoms with Gasteiger partial charge in [0.15, 0.2) is 5.76 Å². The third kappa shape index (κ3) is 5.04. The number of hydrogen-bond acceptors (Lipinski definition) is 5. The smallest absolute Gasteiger partial charge is 0.291 e. The fraction of sp³-hybridized carbons (Fsp3) is 0.125. The molecule has 162 valence electrons. The van der Waals surface area contributed by atoms with Gasteiger partial charge in [-0.15, -0.1) is 0 Å². The quantitative estimate of drug-likeness (QED) is 0.372. The molecular formula is C24H22N4O4. The molecule has 0 unspecified atom stereocenters. The molecule has 0 spiro atoms. The standard InChI is InChI=1S/C24H22N4O4/c1-31-17-10-8-16(9-11-17)15-20(28-24(30)21-7-4-14-32-21)23(29)25-13-12-22-26-18-5-2-3-6-19(18)27-22/h2-11,14-15H,12-13H2,1H3,(H,25,29)(H,26,27)(H,28,30)/b20-15-. The van der Waals surface area contributed by atoms with Gasteiger partial charge < -0.3 is 24.8 Å². The summed E-state index contributed by atoms with van der Waals surface area (Å²) in [6.45, 7) is 0.342. The van der Waals surface area contributed by atoms with E-state index < -0.39 is 11.8 Å². The fourth-order valence-electron chi connectivity index (χ4n) is 3.13. The fourth-order valence-corrected chi connectivity index (χ4v) is 3.13. The summed E-state index contributed by atoms with van der Waals surface area (Å²) in [6, 6.07) is 18.0. The summed E-state index contributed by atoms with van der Waals surface area (Å²) < 4.78 is 10.3. The molecular weight excluding hydrogens is 408 g/mol. The minimum atomic E-state index is -0.512. The van der Waals surface area contributed by atoms with Crippen molar-refractivity contribution in [3.8, 4) is 5.75 Å². The van der Waals surface area contributed by atoms with E-state index in [0.29, 0.717) is 18.7 Å². The Bertz CT molecular complexity index is 1210. The first kappa shape index (κ1) is 20.9. The van der Waals surface area contributed by atoms with E-state index in [0.717, 1.165) is 22.4 Å². The first-order valence-corrected chi connectivity index (χ1v) is 10.0. The zero-order chi connectivity index (χ0) is 22.3. The molecule has 4 rings (SSSR count). The van der Waals surface area contributed by atoms with E-state index in [1.807, 2.05) is 24.3 Å². The zero-order valence-corrected chi connectivity index (χ0v) is 17.4. The number of para-hydroxylation sites is 2. The number of carbonyl (C=O) groups is 2. The number of furan rings is 1. The highest BCUT2D eigenvalue weighted by Crippen LogP contribution is 2.14. The number of H-pyrrole nitrogens is 1. The Labute approximate surface area is 184 Å². The molecule has 0 radical (unpaired) electrons. The summed E-state index contributed by atoms with van der Waals surface area (Å²) in [5.74, 6) is 0.644. The van der Waals surface area contributed by atoms with E-state index in [9.17, 15) is 9.59 Å². The number of nitrogens with zero attached hydrogens (tertiary/aromatic N) is 1. The van der Waals surface area contributed by atoms with Gasteiger partial charge in [0.25, 0.3) is 11.8 Å². The van der Waals surface area contributed by atoms with E-state index in [4.69, 9.17) is 9.15 Å². The van der Waals surface area contributed by atoms with Crippen molar-refractivity contribution in [3.63, 3.8) is 0 Å². The molecule has 2 heterocycles. The number of fused-ring (bicyclic) bond motifs is 1. The molecule has 0 saturated heterocycles. The van der Waals surface area contributed by atoms with Crippen LogP contribution in [0, 0.1) is 0 Å². The van der Waals surface area contributed by atoms with Gasteiger partial charge in [0, 0.05) is 13.0 Å². The van der Waals surface area contributed by atoms with Crippen molar-refractivity contribution in [2.75, 3.05) is 13.7 Å². The third-order valence-electron chi connectivity index (χ3n) is 4.75. The second kappa shape index (κ2) is 9.65. The molecule has 0 aliphatic rings. The van der Waals surface area contributed by atoms with Crippen LogP contribution >= 0.6 is 0 Å². The molecule has 3 N–H and O–H groups in total. The number of imidazole rings is 1. The van der Waals surface area contributed by atoms with E-state index in [2.05, 4.69) is 20.6 Å². The molecule has 0 atom stereocenters. The van der Waals surface area contributed by atoms with Crippen LogP contribution in [0.1, 0.15) is 21.9 Å². The van der Waals surface area contributed by atoms with Crippen LogP contribution in [0.25, 0.3) is 17.1 Å². The number of aromatic amines is 1. The van der Waals surface area contributed by atoms with Crippen molar-refractivity contribution in [1.29, 1.82) is 0 Å². The largest absolute Gasteiger partial charge is 0.497 e. The van der Waals surface area contributed by atoms with Gasteiger partial charge in [0.2, 0.25) is 0 Å². The lowest BCUT2D eigenvalue weighted by Gasteiger charge is -2.10. The van der Waals surface area contributed by atoms with Gasteiger partial charge in [-0.25, -0.2) is 4.98 Å². The number of hydrogen-bond donors (Lipinski definition) is 3. The van der Waals surface area contributed by atoms with E-state index in [1.165, 1.54) is 12.3 Å². The molecule has 4 aromatic rings. The molecule has 2 aromatic carbocycles. The van der Waals surface area contributed by atoms with Crippen molar-refractivity contribution >= 4 is 28.9 Å². The number of methoxy groups -OCH3 is 1. The predicted octanol–water partition coefficient (Wildman–Crippen LogP) is 3.29. The summed E-state index contributed by atoms with van der Waals surface area (Å²) in [5.41, 5.74) is 2.65. The Morgan fingerprint density at radius 2 is 1.91 bits per heavy atom. The van der Waals surface area contributed by atoms with Crippen molar-refractivity contribution in [1.82, 2.24) is 20.6 Å². The summed E-state index contributed by atoms with van der Waals surface area (Å²) in [4.78, 5) is 33.0. The van der Waals surface area contributed by atoms with Gasteiger partial charge in [-0.05, 0) is 48.0 Å². The molecule has 2 aromatic heterocycles. The van der Waals surface area contributed by atoms with Gasteiger partial charge in [0.05, 0.1) is 24.4 Å². The number of rotatable bonds is 8. The molecule has 0 fully saturated rings. The van der Waals surface area contributed by atoms with Crippen LogP contribution in [0.3, 0.4) is 0 Å². The minimum absolute atomic E-state index is 0.0983. The minimum Gasteiger partial charge on any atom is -0.497 e. The highest BCUT2D eigenvalue weighted by Gasteiger charge is 2.16. The molecule has 0 saturated carbocycles. The molecule has 2 amide bonds. The van der Waals surface area contributed by atoms with E-state index >= 15 is 0 Å². The number of benzene rings is 2. The number of aromatic nitrogens is 2. The normalized spacial score (nSPS) is 11.3. The first-order chi connectivity index (χ1) is 15.6. The van der Waals surface area contributed by atoms with Crippen LogP contribution in [0.5, 0.6) is 5.75 Å². The average Bonchev–Trinajstić information content (AvgIpc) is 3.49. The van der Waals surface area contributed by atoms with Crippen LogP contribution in [0.4, 0.5) is 0 Å². The van der Waals surface area contributed by atoms with Gasteiger partial charge in [-0.2, -0.15) is 0 Å². The highest BCUT2D eigenvalue weighted by atomic mass is 16.5. The van der Waals surface area contributed by atoms with Gasteiger partial charge in [-0.1, -0.05) is 24.3 Å². The topological polar surface area (TPSA) is 109 Å². The van der Waals surface area contributed by atoms with Gasteiger partial charge >= 0.3 is 0 Å². The Hall–Kier alpha value is -4.33. The van der Waals surface area contributed by atoms with Gasteiger partial charge in [-0.3, -0.25) is 9.59 Å². The molecule has 0 aliphatic carbocycles. The number of amides is 2. The van der Waals surface area contributed by atoms with Crippen LogP contribution < -0.4 is 15.4 Å². The third-order valence-corrected chi connectivity index (χ3v) is 4.75.